The third-order valence-electron chi connectivity index (χ3n) is 3.42. The van der Waals surface area contributed by atoms with Crippen LogP contribution in [0.3, 0.4) is 0 Å². The van der Waals surface area contributed by atoms with Crippen LogP contribution in [0.4, 0.5) is 0 Å². The molecule has 0 atom stereocenters. The van der Waals surface area contributed by atoms with Crippen LogP contribution < -0.4 is 4.74 Å². The summed E-state index contributed by atoms with van der Waals surface area (Å²) in [5.41, 5.74) is 3.40. The van der Waals surface area contributed by atoms with E-state index in [0.717, 1.165) is 41.9 Å². The van der Waals surface area contributed by atoms with Gasteiger partial charge >= 0.3 is 0 Å². The molecule has 0 unspecified atom stereocenters. The molecule has 0 bridgehead atoms. The van der Waals surface area contributed by atoms with Gasteiger partial charge in [0.15, 0.2) is 0 Å². The Morgan fingerprint density at radius 2 is 2.28 bits per heavy atom. The molecule has 94 valence electrons. The summed E-state index contributed by atoms with van der Waals surface area (Å²) in [5, 5.41) is 8.68. The van der Waals surface area contributed by atoms with Crippen molar-refractivity contribution in [1.82, 2.24) is 15.1 Å². The van der Waals surface area contributed by atoms with Crippen LogP contribution in [0, 0.1) is 0 Å². The molecule has 1 aromatic heterocycles. The lowest BCUT2D eigenvalue weighted by Gasteiger charge is -2.22. The van der Waals surface area contributed by atoms with Crippen molar-refractivity contribution in [3.05, 3.63) is 30.0 Å². The molecule has 1 aliphatic rings. The minimum absolute atomic E-state index is 0.870. The quantitative estimate of drug-likeness (QED) is 0.879. The predicted octanol–water partition coefficient (Wildman–Crippen LogP) is 2.29. The molecular formula is C14H17N3O. The van der Waals surface area contributed by atoms with Gasteiger partial charge in [-0.05, 0) is 37.2 Å². The minimum Gasteiger partial charge on any atom is -0.497 e. The molecule has 4 heteroatoms. The Morgan fingerprint density at radius 3 is 3.06 bits per heavy atom. The van der Waals surface area contributed by atoms with Gasteiger partial charge in [-0.2, -0.15) is 5.10 Å². The van der Waals surface area contributed by atoms with Gasteiger partial charge in [0.1, 0.15) is 5.75 Å². The lowest BCUT2D eigenvalue weighted by atomic mass is 10.0. The number of hydrogen-bond acceptors (Lipinski definition) is 3. The first-order valence-corrected chi connectivity index (χ1v) is 6.18. The van der Waals surface area contributed by atoms with Crippen molar-refractivity contribution in [2.75, 3.05) is 27.2 Å². The van der Waals surface area contributed by atoms with Crippen molar-refractivity contribution in [2.24, 2.45) is 0 Å². The number of ether oxygens (including phenoxy) is 1. The molecule has 0 saturated heterocycles. The van der Waals surface area contributed by atoms with Gasteiger partial charge in [-0.15, -0.1) is 0 Å². The second-order valence-corrected chi connectivity index (χ2v) is 4.74. The van der Waals surface area contributed by atoms with E-state index >= 15 is 0 Å². The highest BCUT2D eigenvalue weighted by Crippen LogP contribution is 2.28. The van der Waals surface area contributed by atoms with Crippen LogP contribution in [0.2, 0.25) is 0 Å². The molecule has 0 amide bonds. The topological polar surface area (TPSA) is 41.1 Å². The van der Waals surface area contributed by atoms with Gasteiger partial charge < -0.3 is 9.64 Å². The number of benzene rings is 1. The Labute approximate surface area is 106 Å². The highest BCUT2D eigenvalue weighted by atomic mass is 16.5. The zero-order valence-corrected chi connectivity index (χ0v) is 10.7. The lowest BCUT2D eigenvalue weighted by Crippen LogP contribution is -2.25. The van der Waals surface area contributed by atoms with Gasteiger partial charge in [-0.1, -0.05) is 6.08 Å². The number of aromatic nitrogens is 2. The highest BCUT2D eigenvalue weighted by molar-refractivity contribution is 5.91. The first-order chi connectivity index (χ1) is 8.78. The first kappa shape index (κ1) is 11.3. The average Bonchev–Trinajstić information content (AvgIpc) is 2.81. The van der Waals surface area contributed by atoms with Crippen LogP contribution in [0.25, 0.3) is 16.5 Å². The maximum Gasteiger partial charge on any atom is 0.119 e. The van der Waals surface area contributed by atoms with Gasteiger partial charge in [-0.3, -0.25) is 5.10 Å². The third-order valence-corrected chi connectivity index (χ3v) is 3.42. The van der Waals surface area contributed by atoms with Crippen LogP contribution in [-0.4, -0.2) is 42.3 Å². The van der Waals surface area contributed by atoms with Crippen LogP contribution in [0.1, 0.15) is 12.1 Å². The van der Waals surface area contributed by atoms with Crippen molar-refractivity contribution in [3.8, 4) is 5.75 Å². The van der Waals surface area contributed by atoms with Crippen LogP contribution in [-0.2, 0) is 0 Å². The number of H-pyrrole nitrogens is 1. The zero-order valence-electron chi connectivity index (χ0n) is 10.7. The number of rotatable bonds is 2. The SMILES string of the molecule is COc1ccc2[nH]nc(C3=CCCN(C)C3)c2c1. The molecule has 0 radical (unpaired) electrons. The smallest absolute Gasteiger partial charge is 0.119 e. The number of likely N-dealkylation sites (N-methyl/N-ethyl adjacent to an activating group) is 1. The van der Waals surface area contributed by atoms with E-state index < -0.39 is 0 Å². The van der Waals surface area contributed by atoms with Crippen LogP contribution in [0.5, 0.6) is 5.75 Å². The van der Waals surface area contributed by atoms with Crippen molar-refractivity contribution in [3.63, 3.8) is 0 Å². The summed E-state index contributed by atoms with van der Waals surface area (Å²) in [5.74, 6) is 0.870. The van der Waals surface area contributed by atoms with E-state index in [2.05, 4.69) is 28.2 Å². The van der Waals surface area contributed by atoms with Crippen LogP contribution in [0.15, 0.2) is 24.3 Å². The van der Waals surface area contributed by atoms with Crippen LogP contribution >= 0.6 is 0 Å². The second kappa shape index (κ2) is 4.46. The van der Waals surface area contributed by atoms with Gasteiger partial charge in [0.2, 0.25) is 0 Å². The summed E-state index contributed by atoms with van der Waals surface area (Å²) in [7, 11) is 3.83. The number of nitrogens with one attached hydrogen (secondary N) is 1. The second-order valence-electron chi connectivity index (χ2n) is 4.74. The maximum atomic E-state index is 5.28. The summed E-state index contributed by atoms with van der Waals surface area (Å²) in [4.78, 5) is 2.32. The molecule has 18 heavy (non-hydrogen) atoms. The fraction of sp³-hybridized carbons (Fsp3) is 0.357. The van der Waals surface area contributed by atoms with E-state index in [1.807, 2.05) is 18.2 Å². The van der Waals surface area contributed by atoms with E-state index in [1.165, 1.54) is 5.57 Å². The average molecular weight is 243 g/mol. The van der Waals surface area contributed by atoms with E-state index in [9.17, 15) is 0 Å². The van der Waals surface area contributed by atoms with E-state index in [1.54, 1.807) is 7.11 Å². The maximum absolute atomic E-state index is 5.28. The third kappa shape index (κ3) is 1.88. The first-order valence-electron chi connectivity index (χ1n) is 6.18. The number of aromatic amines is 1. The Balaban J connectivity index is 2.08. The fourth-order valence-corrected chi connectivity index (χ4v) is 2.43. The minimum atomic E-state index is 0.870. The van der Waals surface area contributed by atoms with Gasteiger partial charge in [0, 0.05) is 18.5 Å². The molecule has 4 nitrogen and oxygen atoms in total. The molecule has 0 spiro atoms. The van der Waals surface area contributed by atoms with Crippen molar-refractivity contribution >= 4 is 16.5 Å². The molecular weight excluding hydrogens is 226 g/mol. The Morgan fingerprint density at radius 1 is 1.39 bits per heavy atom. The number of methoxy groups -OCH3 is 1. The van der Waals surface area contributed by atoms with E-state index in [0.29, 0.717) is 0 Å². The van der Waals surface area contributed by atoms with Gasteiger partial charge in [-0.25, -0.2) is 0 Å². The molecule has 1 aliphatic heterocycles. The summed E-state index contributed by atoms with van der Waals surface area (Å²) >= 11 is 0. The summed E-state index contributed by atoms with van der Waals surface area (Å²) < 4.78 is 5.28. The zero-order chi connectivity index (χ0) is 12.5. The predicted molar refractivity (Wildman–Crippen MR) is 72.7 cm³/mol. The summed E-state index contributed by atoms with van der Waals surface area (Å²) in [6, 6.07) is 6.01. The lowest BCUT2D eigenvalue weighted by molar-refractivity contribution is 0.372. The molecule has 0 fully saturated rings. The number of hydrogen-bond donors (Lipinski definition) is 1. The summed E-state index contributed by atoms with van der Waals surface area (Å²) in [6.07, 6.45) is 3.37. The summed E-state index contributed by atoms with van der Waals surface area (Å²) in [6.45, 7) is 2.08. The van der Waals surface area contributed by atoms with E-state index in [-0.39, 0.29) is 0 Å². The number of nitrogens with zero attached hydrogens (tertiary/aromatic N) is 2. The standard InChI is InChI=1S/C14H17N3O/c1-17-7-3-4-10(9-17)14-12-8-11(18-2)5-6-13(12)15-16-14/h4-6,8H,3,7,9H2,1-2H3,(H,15,16). The normalized spacial score (nSPS) is 16.9. The molecule has 3 rings (SSSR count). The molecule has 1 N–H and O–H groups in total. The fourth-order valence-electron chi connectivity index (χ4n) is 2.43. The molecule has 0 saturated carbocycles. The Kier molecular flexibility index (Phi) is 2.80. The molecule has 0 aliphatic carbocycles. The largest absolute Gasteiger partial charge is 0.497 e. The van der Waals surface area contributed by atoms with E-state index in [4.69, 9.17) is 4.74 Å². The molecule has 2 heterocycles. The Bertz CT molecular complexity index is 600. The van der Waals surface area contributed by atoms with Crippen molar-refractivity contribution < 1.29 is 4.74 Å². The molecule has 2 aromatic rings. The number of fused-ring (bicyclic) bond motifs is 1. The Hall–Kier alpha value is -1.81. The molecule has 1 aromatic carbocycles. The van der Waals surface area contributed by atoms with Crippen molar-refractivity contribution in [2.45, 2.75) is 6.42 Å². The van der Waals surface area contributed by atoms with Gasteiger partial charge in [0.05, 0.1) is 18.3 Å². The van der Waals surface area contributed by atoms with Gasteiger partial charge in [0.25, 0.3) is 0 Å². The monoisotopic (exact) mass is 243 g/mol. The van der Waals surface area contributed by atoms with Crippen molar-refractivity contribution in [1.29, 1.82) is 0 Å². The highest BCUT2D eigenvalue weighted by Gasteiger charge is 2.15.